The van der Waals surface area contributed by atoms with Gasteiger partial charge in [0.2, 0.25) is 11.6 Å². The number of carbonyl (C=O) groups excluding carboxylic acids is 1. The summed E-state index contributed by atoms with van der Waals surface area (Å²) in [6.07, 6.45) is -4.04. The van der Waals surface area contributed by atoms with E-state index >= 15 is 0 Å². The largest absolute Gasteiger partial charge is 0.438 e. The first-order chi connectivity index (χ1) is 14.6. The maximum Gasteiger partial charge on any atom is 0.438 e. The van der Waals surface area contributed by atoms with E-state index in [-0.39, 0.29) is 17.5 Å². The summed E-state index contributed by atoms with van der Waals surface area (Å²) >= 11 is 0. The van der Waals surface area contributed by atoms with E-state index in [9.17, 15) is 22.8 Å². The summed E-state index contributed by atoms with van der Waals surface area (Å²) in [7, 11) is 0. The second-order valence-corrected chi connectivity index (χ2v) is 7.53. The van der Waals surface area contributed by atoms with Gasteiger partial charge in [-0.05, 0) is 67.6 Å². The third kappa shape index (κ3) is 4.47. The molecule has 2 aromatic carbocycles. The summed E-state index contributed by atoms with van der Waals surface area (Å²) in [6.45, 7) is 7.17. The molecule has 0 fully saturated rings. The highest BCUT2D eigenvalue weighted by atomic mass is 19.4. The van der Waals surface area contributed by atoms with Crippen molar-refractivity contribution in [3.05, 3.63) is 69.1 Å². The molecule has 1 N–H and O–H groups in total. The maximum atomic E-state index is 13.6. The molecule has 31 heavy (non-hydrogen) atoms. The van der Waals surface area contributed by atoms with Crippen LogP contribution in [0.15, 0.2) is 41.2 Å². The molecule has 0 radical (unpaired) electrons. The summed E-state index contributed by atoms with van der Waals surface area (Å²) in [5, 5.41) is 2.74. The lowest BCUT2D eigenvalue weighted by molar-refractivity contribution is -0.142. The van der Waals surface area contributed by atoms with Crippen molar-refractivity contribution >= 4 is 22.6 Å². The zero-order valence-electron chi connectivity index (χ0n) is 17.8. The van der Waals surface area contributed by atoms with Crippen LogP contribution in [0.3, 0.4) is 0 Å². The first-order valence-electron chi connectivity index (χ1n) is 10.1. The molecular formula is C23H24F3N3O2. The Morgan fingerprint density at radius 3 is 2.42 bits per heavy atom. The summed E-state index contributed by atoms with van der Waals surface area (Å²) in [6, 6.07) is 9.18. The summed E-state index contributed by atoms with van der Waals surface area (Å²) in [5.41, 5.74) is 0.426. The van der Waals surface area contributed by atoms with E-state index in [0.717, 1.165) is 27.7 Å². The monoisotopic (exact) mass is 431 g/mol. The number of hydrogen-bond donors (Lipinski definition) is 1. The number of hydrogen-bond acceptors (Lipinski definition) is 3. The molecule has 3 aromatic rings. The number of anilines is 1. The number of aromatic nitrogens is 2. The van der Waals surface area contributed by atoms with Crippen molar-refractivity contribution in [2.45, 2.75) is 52.8 Å². The van der Waals surface area contributed by atoms with Crippen molar-refractivity contribution in [2.24, 2.45) is 0 Å². The highest BCUT2D eigenvalue weighted by molar-refractivity contribution is 5.94. The molecule has 0 bridgehead atoms. The van der Waals surface area contributed by atoms with Crippen LogP contribution in [0.1, 0.15) is 48.7 Å². The second-order valence-electron chi connectivity index (χ2n) is 7.53. The van der Waals surface area contributed by atoms with Gasteiger partial charge in [0.05, 0.1) is 11.0 Å². The first-order valence-corrected chi connectivity index (χ1v) is 10.1. The predicted molar refractivity (Wildman–Crippen MR) is 114 cm³/mol. The van der Waals surface area contributed by atoms with Crippen LogP contribution in [0.25, 0.3) is 11.0 Å². The molecule has 0 unspecified atom stereocenters. The minimum Gasteiger partial charge on any atom is -0.324 e. The molecule has 0 aliphatic rings. The average molecular weight is 431 g/mol. The topological polar surface area (TPSA) is 64.0 Å². The molecule has 1 aromatic heterocycles. The number of halogens is 3. The van der Waals surface area contributed by atoms with Crippen LogP contribution in [0.2, 0.25) is 0 Å². The summed E-state index contributed by atoms with van der Waals surface area (Å²) in [4.78, 5) is 29.6. The van der Waals surface area contributed by atoms with Crippen LogP contribution in [0.4, 0.5) is 18.9 Å². The number of alkyl halides is 3. The highest BCUT2D eigenvalue weighted by Crippen LogP contribution is 2.29. The number of benzene rings is 2. The van der Waals surface area contributed by atoms with Gasteiger partial charge in [0.25, 0.3) is 5.56 Å². The van der Waals surface area contributed by atoms with Crippen LogP contribution in [-0.4, -0.2) is 15.5 Å². The SMILES string of the molecule is CCc1cccc(NC(=O)[C@@H](CC)n2c(=O)c(C(F)(F)F)nc3cc(C)c(C)cc32)c1. The highest BCUT2D eigenvalue weighted by Gasteiger charge is 2.38. The van der Waals surface area contributed by atoms with E-state index < -0.39 is 29.4 Å². The van der Waals surface area contributed by atoms with E-state index in [4.69, 9.17) is 0 Å². The van der Waals surface area contributed by atoms with Gasteiger partial charge in [-0.1, -0.05) is 26.0 Å². The fourth-order valence-electron chi connectivity index (χ4n) is 3.53. The lowest BCUT2D eigenvalue weighted by atomic mass is 10.1. The normalized spacial score (nSPS) is 12.7. The number of amides is 1. The Labute approximate surface area is 177 Å². The Bertz CT molecular complexity index is 1200. The molecule has 0 saturated heterocycles. The number of fused-ring (bicyclic) bond motifs is 1. The Kier molecular flexibility index (Phi) is 6.20. The van der Waals surface area contributed by atoms with Crippen molar-refractivity contribution in [1.29, 1.82) is 0 Å². The van der Waals surface area contributed by atoms with E-state index in [2.05, 4.69) is 10.3 Å². The Hall–Kier alpha value is -3.16. The average Bonchev–Trinajstić information content (AvgIpc) is 2.70. The van der Waals surface area contributed by atoms with Crippen molar-refractivity contribution in [3.8, 4) is 0 Å². The second kappa shape index (κ2) is 8.53. The van der Waals surface area contributed by atoms with Gasteiger partial charge in [-0.15, -0.1) is 0 Å². The molecule has 1 atom stereocenters. The predicted octanol–water partition coefficient (Wildman–Crippen LogP) is 5.18. The number of carbonyl (C=O) groups is 1. The molecule has 1 amide bonds. The van der Waals surface area contributed by atoms with Crippen LogP contribution in [-0.2, 0) is 17.4 Å². The molecule has 8 heteroatoms. The molecule has 0 saturated carbocycles. The van der Waals surface area contributed by atoms with Crippen molar-refractivity contribution in [3.63, 3.8) is 0 Å². The molecule has 164 valence electrons. The molecule has 0 aliphatic heterocycles. The quantitative estimate of drug-likeness (QED) is 0.605. The van der Waals surface area contributed by atoms with Gasteiger partial charge in [-0.25, -0.2) is 4.98 Å². The summed E-state index contributed by atoms with van der Waals surface area (Å²) < 4.78 is 41.6. The van der Waals surface area contributed by atoms with Gasteiger partial charge >= 0.3 is 6.18 Å². The van der Waals surface area contributed by atoms with Gasteiger partial charge in [0, 0.05) is 5.69 Å². The molecular weight excluding hydrogens is 407 g/mol. The molecule has 5 nitrogen and oxygen atoms in total. The van der Waals surface area contributed by atoms with Gasteiger partial charge in [0.1, 0.15) is 6.04 Å². The smallest absolute Gasteiger partial charge is 0.324 e. The molecule has 0 spiro atoms. The van der Waals surface area contributed by atoms with E-state index in [1.165, 1.54) is 6.07 Å². The van der Waals surface area contributed by atoms with Crippen molar-refractivity contribution in [1.82, 2.24) is 9.55 Å². The lowest BCUT2D eigenvalue weighted by Gasteiger charge is -2.22. The van der Waals surface area contributed by atoms with Gasteiger partial charge in [0.15, 0.2) is 0 Å². The lowest BCUT2D eigenvalue weighted by Crippen LogP contribution is -2.37. The van der Waals surface area contributed by atoms with E-state index in [1.54, 1.807) is 45.0 Å². The number of nitrogens with one attached hydrogen (secondary N) is 1. The molecule has 0 aliphatic carbocycles. The number of rotatable bonds is 5. The van der Waals surface area contributed by atoms with Crippen LogP contribution in [0, 0.1) is 13.8 Å². The molecule has 1 heterocycles. The standard InChI is InChI=1S/C23H24F3N3O2/c1-5-15-8-7-9-16(12-15)27-21(30)18(6-2)29-19-11-14(4)13(3)10-17(19)28-20(22(29)31)23(24,25)26/h7-12,18H,5-6H2,1-4H3,(H,27,30)/t18-/m1/s1. The Morgan fingerprint density at radius 2 is 1.81 bits per heavy atom. The minimum absolute atomic E-state index is 0.0225. The first kappa shape index (κ1) is 22.5. The van der Waals surface area contributed by atoms with E-state index in [1.807, 2.05) is 13.0 Å². The molecule has 3 rings (SSSR count). The van der Waals surface area contributed by atoms with E-state index in [0.29, 0.717) is 5.69 Å². The van der Waals surface area contributed by atoms with Crippen molar-refractivity contribution in [2.75, 3.05) is 5.32 Å². The van der Waals surface area contributed by atoms with Crippen molar-refractivity contribution < 1.29 is 18.0 Å². The van der Waals surface area contributed by atoms with Gasteiger partial charge < -0.3 is 5.32 Å². The zero-order valence-corrected chi connectivity index (χ0v) is 17.8. The Balaban J connectivity index is 2.19. The fourth-order valence-corrected chi connectivity index (χ4v) is 3.53. The Morgan fingerprint density at radius 1 is 1.13 bits per heavy atom. The zero-order chi connectivity index (χ0) is 22.9. The third-order valence-electron chi connectivity index (χ3n) is 5.38. The fraction of sp³-hybridized carbons (Fsp3) is 0.348. The number of aryl methyl sites for hydroxylation is 3. The van der Waals surface area contributed by atoms with Crippen LogP contribution >= 0.6 is 0 Å². The number of nitrogens with zero attached hydrogens (tertiary/aromatic N) is 2. The van der Waals surface area contributed by atoms with Gasteiger partial charge in [-0.3, -0.25) is 14.2 Å². The van der Waals surface area contributed by atoms with Crippen LogP contribution < -0.4 is 10.9 Å². The maximum absolute atomic E-state index is 13.6. The third-order valence-corrected chi connectivity index (χ3v) is 5.38. The van der Waals surface area contributed by atoms with Crippen LogP contribution in [0.5, 0.6) is 0 Å². The minimum atomic E-state index is -4.93. The van der Waals surface area contributed by atoms with Gasteiger partial charge in [-0.2, -0.15) is 13.2 Å². The summed E-state index contributed by atoms with van der Waals surface area (Å²) in [5.74, 6) is -0.559.